The summed E-state index contributed by atoms with van der Waals surface area (Å²) in [5.41, 5.74) is 7.70. The van der Waals surface area contributed by atoms with Gasteiger partial charge in [0.25, 0.3) is 0 Å². The monoisotopic (exact) mass is 584 g/mol. The van der Waals surface area contributed by atoms with Gasteiger partial charge < -0.3 is 4.57 Å². The number of rotatable bonds is 6. The first-order chi connectivity index (χ1) is 21.8. The van der Waals surface area contributed by atoms with Crippen molar-refractivity contribution in [2.75, 3.05) is 0 Å². The molecule has 44 heavy (non-hydrogen) atoms. The van der Waals surface area contributed by atoms with Crippen molar-refractivity contribution in [1.82, 2.24) is 9.55 Å². The molecule has 0 bridgehead atoms. The number of para-hydroxylation sites is 1. The third kappa shape index (κ3) is 4.42. The highest BCUT2D eigenvalue weighted by Gasteiger charge is 2.45. The Morgan fingerprint density at radius 1 is 0.636 bits per heavy atom. The van der Waals surface area contributed by atoms with Gasteiger partial charge in [-0.05, 0) is 89.9 Å². The molecule has 2 nitrogen and oxygen atoms in total. The standard InChI is InChI=1S/C41H36N2Si/c1-5-15-31(16-6-1)32-25-27-36(28-26-32)44(34-19-9-3-10-20-34,35-21-11-4-12-22-35)41-29-40-38(30-42-41)37-23-13-14-24-39(37)43(40)33-17-7-2-8-18-33/h1-3,5-10,14-21,24-30H,4,11-13,22-23H2. The lowest BCUT2D eigenvalue weighted by Gasteiger charge is -2.37. The summed E-state index contributed by atoms with van der Waals surface area (Å²) >= 11 is 0. The van der Waals surface area contributed by atoms with Gasteiger partial charge in [0, 0.05) is 28.3 Å². The van der Waals surface area contributed by atoms with Crippen LogP contribution in [0.3, 0.4) is 0 Å². The fraction of sp³-hybridized carbons (Fsp3) is 0.146. The highest BCUT2D eigenvalue weighted by atomic mass is 28.3. The molecule has 0 amide bonds. The van der Waals surface area contributed by atoms with Gasteiger partial charge in [0.05, 0.1) is 5.52 Å². The first kappa shape index (κ1) is 26.9. The fourth-order valence-corrected chi connectivity index (χ4v) is 12.6. The molecular formula is C41H36N2Si. The number of allylic oxidation sites excluding steroid dienone is 3. The number of benzene rings is 4. The van der Waals surface area contributed by atoms with Gasteiger partial charge in [-0.15, -0.1) is 0 Å². The van der Waals surface area contributed by atoms with E-state index in [2.05, 4.69) is 150 Å². The molecule has 1 unspecified atom stereocenters. The van der Waals surface area contributed by atoms with Crippen molar-refractivity contribution in [3.63, 3.8) is 0 Å². The maximum Gasteiger partial charge on any atom is 0.197 e. The minimum absolute atomic E-state index is 1.05. The lowest BCUT2D eigenvalue weighted by molar-refractivity contribution is 0.719. The molecule has 1 atom stereocenters. The van der Waals surface area contributed by atoms with Gasteiger partial charge in [0.1, 0.15) is 0 Å². The predicted octanol–water partition coefficient (Wildman–Crippen LogP) is 8.16. The average Bonchev–Trinajstić information content (AvgIpc) is 3.44. The molecule has 6 aromatic rings. The Bertz CT molecular complexity index is 1990. The van der Waals surface area contributed by atoms with Crippen LogP contribution in [0.5, 0.6) is 0 Å². The molecular weight excluding hydrogens is 549 g/mol. The SMILES string of the molecule is C1=Cc2c(c3cnc([Si](C4=CCCCC4)(c4ccccc4)c4ccc(-c5ccccc5)cc4)cc3n2-c2ccccc2)CC1. The summed E-state index contributed by atoms with van der Waals surface area (Å²) in [6, 6.07) is 44.8. The van der Waals surface area contributed by atoms with Crippen molar-refractivity contribution in [1.29, 1.82) is 0 Å². The quantitative estimate of drug-likeness (QED) is 0.181. The molecule has 0 spiro atoms. The van der Waals surface area contributed by atoms with Crippen molar-refractivity contribution in [2.24, 2.45) is 0 Å². The maximum atomic E-state index is 5.49. The third-order valence-corrected chi connectivity index (χ3v) is 14.5. The largest absolute Gasteiger partial charge is 0.309 e. The van der Waals surface area contributed by atoms with Crippen molar-refractivity contribution < 1.29 is 0 Å². The number of hydrogen-bond acceptors (Lipinski definition) is 1. The molecule has 0 fully saturated rings. The number of nitrogens with zero attached hydrogens (tertiary/aromatic N) is 2. The molecule has 2 aromatic heterocycles. The Kier molecular flexibility index (Phi) is 6.96. The predicted molar refractivity (Wildman–Crippen MR) is 188 cm³/mol. The van der Waals surface area contributed by atoms with Gasteiger partial charge in [-0.25, -0.2) is 0 Å². The lowest BCUT2D eigenvalue weighted by atomic mass is 10.0. The second-order valence-electron chi connectivity index (χ2n) is 12.1. The summed E-state index contributed by atoms with van der Waals surface area (Å²) in [4.78, 5) is 5.49. The Morgan fingerprint density at radius 2 is 1.32 bits per heavy atom. The van der Waals surface area contributed by atoms with E-state index >= 15 is 0 Å². The van der Waals surface area contributed by atoms with Gasteiger partial charge in [0.15, 0.2) is 8.07 Å². The van der Waals surface area contributed by atoms with Crippen LogP contribution in [0.25, 0.3) is 33.8 Å². The number of hydrogen-bond donors (Lipinski definition) is 0. The number of fused-ring (bicyclic) bond motifs is 3. The van der Waals surface area contributed by atoms with Crippen molar-refractivity contribution in [3.8, 4) is 16.8 Å². The van der Waals surface area contributed by atoms with Gasteiger partial charge in [-0.1, -0.05) is 120 Å². The lowest BCUT2D eigenvalue weighted by Crippen LogP contribution is -2.69. The molecule has 0 saturated carbocycles. The molecule has 0 aliphatic heterocycles. The Hall–Kier alpha value is -4.73. The zero-order valence-corrected chi connectivity index (χ0v) is 26.0. The second kappa shape index (κ2) is 11.4. The van der Waals surface area contributed by atoms with Crippen LogP contribution in [-0.4, -0.2) is 17.6 Å². The van der Waals surface area contributed by atoms with E-state index < -0.39 is 8.07 Å². The van der Waals surface area contributed by atoms with E-state index in [-0.39, 0.29) is 0 Å². The minimum atomic E-state index is -2.68. The maximum absolute atomic E-state index is 5.49. The van der Waals surface area contributed by atoms with Crippen molar-refractivity contribution in [2.45, 2.75) is 38.5 Å². The molecule has 2 heterocycles. The Balaban J connectivity index is 1.42. The van der Waals surface area contributed by atoms with E-state index in [0.29, 0.717) is 0 Å². The Labute approximate surface area is 261 Å². The van der Waals surface area contributed by atoms with Gasteiger partial charge in [-0.2, -0.15) is 0 Å². The van der Waals surface area contributed by atoms with Crippen LogP contribution in [0, 0.1) is 0 Å². The average molecular weight is 585 g/mol. The minimum Gasteiger partial charge on any atom is -0.309 e. The normalized spacial score (nSPS) is 15.9. The number of aryl methyl sites for hydroxylation is 1. The van der Waals surface area contributed by atoms with Crippen LogP contribution >= 0.6 is 0 Å². The summed E-state index contributed by atoms with van der Waals surface area (Å²) in [7, 11) is -2.68. The van der Waals surface area contributed by atoms with Crippen LogP contribution in [-0.2, 0) is 6.42 Å². The molecule has 4 aromatic carbocycles. The molecule has 2 aliphatic rings. The summed E-state index contributed by atoms with van der Waals surface area (Å²) in [5, 5.41) is 6.93. The van der Waals surface area contributed by atoms with E-state index in [9.17, 15) is 0 Å². The Morgan fingerprint density at radius 3 is 2.05 bits per heavy atom. The third-order valence-electron chi connectivity index (χ3n) is 9.64. The first-order valence-electron chi connectivity index (χ1n) is 16.0. The smallest absolute Gasteiger partial charge is 0.197 e. The molecule has 0 N–H and O–H groups in total. The van der Waals surface area contributed by atoms with Crippen LogP contribution < -0.4 is 15.7 Å². The highest BCUT2D eigenvalue weighted by molar-refractivity contribution is 7.15. The van der Waals surface area contributed by atoms with Crippen LogP contribution in [0.2, 0.25) is 0 Å². The second-order valence-corrected chi connectivity index (χ2v) is 15.9. The van der Waals surface area contributed by atoms with E-state index in [1.807, 2.05) is 0 Å². The fourth-order valence-electron chi connectivity index (χ4n) is 7.59. The molecule has 0 radical (unpaired) electrons. The molecule has 0 saturated heterocycles. The topological polar surface area (TPSA) is 17.8 Å². The van der Waals surface area contributed by atoms with E-state index in [1.54, 1.807) is 5.20 Å². The molecule has 214 valence electrons. The van der Waals surface area contributed by atoms with Crippen LogP contribution in [0.15, 0.2) is 145 Å². The van der Waals surface area contributed by atoms with E-state index in [4.69, 9.17) is 4.98 Å². The summed E-state index contributed by atoms with van der Waals surface area (Å²) < 4.78 is 2.48. The molecule has 2 aliphatic carbocycles. The van der Waals surface area contributed by atoms with Gasteiger partial charge in [0.2, 0.25) is 0 Å². The number of aromatic nitrogens is 2. The zero-order valence-electron chi connectivity index (χ0n) is 25.0. The van der Waals surface area contributed by atoms with Gasteiger partial charge >= 0.3 is 0 Å². The number of pyridine rings is 1. The van der Waals surface area contributed by atoms with E-state index in [1.165, 1.54) is 67.5 Å². The summed E-state index contributed by atoms with van der Waals surface area (Å²) in [5.74, 6) is 0. The van der Waals surface area contributed by atoms with Crippen molar-refractivity contribution in [3.05, 3.63) is 156 Å². The van der Waals surface area contributed by atoms with Gasteiger partial charge in [-0.3, -0.25) is 4.98 Å². The van der Waals surface area contributed by atoms with Crippen molar-refractivity contribution >= 4 is 40.7 Å². The molecule has 3 heteroatoms. The molecule has 8 rings (SSSR count). The van der Waals surface area contributed by atoms with E-state index in [0.717, 1.165) is 25.7 Å². The zero-order chi connectivity index (χ0) is 29.3. The van der Waals surface area contributed by atoms with Crippen LogP contribution in [0.4, 0.5) is 0 Å². The summed E-state index contributed by atoms with van der Waals surface area (Å²) in [6.07, 6.45) is 16.3. The first-order valence-corrected chi connectivity index (χ1v) is 18.0. The highest BCUT2D eigenvalue weighted by Crippen LogP contribution is 2.34. The van der Waals surface area contributed by atoms with Crippen LogP contribution in [0.1, 0.15) is 43.4 Å². The summed E-state index contributed by atoms with van der Waals surface area (Å²) in [6.45, 7) is 0.